The van der Waals surface area contributed by atoms with Crippen LogP contribution >= 0.6 is 12.4 Å². The number of benzene rings is 1. The number of halogens is 3. The van der Waals surface area contributed by atoms with Crippen LogP contribution in [0.5, 0.6) is 0 Å². The summed E-state index contributed by atoms with van der Waals surface area (Å²) in [5, 5.41) is 9.11. The maximum atomic E-state index is 12.8. The van der Waals surface area contributed by atoms with Crippen LogP contribution in [0, 0.1) is 11.6 Å². The van der Waals surface area contributed by atoms with Crippen molar-refractivity contribution in [2.45, 2.75) is 6.10 Å². The van der Waals surface area contributed by atoms with Gasteiger partial charge in [0.2, 0.25) is 0 Å². The molecule has 13 heavy (non-hydrogen) atoms. The third-order valence-corrected chi connectivity index (χ3v) is 1.54. The van der Waals surface area contributed by atoms with E-state index in [0.717, 1.165) is 6.07 Å². The topological polar surface area (TPSA) is 46.2 Å². The van der Waals surface area contributed by atoms with Crippen molar-refractivity contribution in [1.29, 1.82) is 0 Å². The fourth-order valence-electron chi connectivity index (χ4n) is 0.899. The van der Waals surface area contributed by atoms with Crippen LogP contribution in [0.15, 0.2) is 18.2 Å². The molecule has 1 aromatic rings. The van der Waals surface area contributed by atoms with Crippen molar-refractivity contribution in [2.75, 3.05) is 6.54 Å². The van der Waals surface area contributed by atoms with E-state index in [0.29, 0.717) is 6.07 Å². The molecule has 1 atom stereocenters. The fraction of sp³-hybridized carbons (Fsp3) is 0.250. The second-order valence-corrected chi connectivity index (χ2v) is 2.42. The first-order valence-corrected chi connectivity index (χ1v) is 3.48. The average Bonchev–Trinajstić information content (AvgIpc) is 2.03. The monoisotopic (exact) mass is 209 g/mol. The van der Waals surface area contributed by atoms with Crippen molar-refractivity contribution in [3.63, 3.8) is 0 Å². The minimum Gasteiger partial charge on any atom is -0.387 e. The molecular weight excluding hydrogens is 200 g/mol. The van der Waals surface area contributed by atoms with E-state index < -0.39 is 17.7 Å². The van der Waals surface area contributed by atoms with E-state index in [1.165, 1.54) is 6.07 Å². The van der Waals surface area contributed by atoms with Gasteiger partial charge < -0.3 is 10.8 Å². The summed E-state index contributed by atoms with van der Waals surface area (Å²) in [6.45, 7) is -0.0808. The van der Waals surface area contributed by atoms with E-state index in [9.17, 15) is 8.78 Å². The van der Waals surface area contributed by atoms with E-state index >= 15 is 0 Å². The van der Waals surface area contributed by atoms with Gasteiger partial charge in [-0.1, -0.05) is 6.07 Å². The molecule has 0 aliphatic heterocycles. The van der Waals surface area contributed by atoms with Crippen LogP contribution in [0.3, 0.4) is 0 Å². The lowest BCUT2D eigenvalue weighted by molar-refractivity contribution is 0.181. The Labute approximate surface area is 80.8 Å². The third-order valence-electron chi connectivity index (χ3n) is 1.54. The summed E-state index contributed by atoms with van der Waals surface area (Å²) in [5.74, 6) is -1.44. The summed E-state index contributed by atoms with van der Waals surface area (Å²) in [4.78, 5) is 0. The van der Waals surface area contributed by atoms with E-state index in [2.05, 4.69) is 0 Å². The van der Waals surface area contributed by atoms with E-state index in [1.54, 1.807) is 0 Å². The maximum Gasteiger partial charge on any atom is 0.131 e. The first kappa shape index (κ1) is 12.3. The highest BCUT2D eigenvalue weighted by atomic mass is 35.5. The van der Waals surface area contributed by atoms with Gasteiger partial charge in [-0.2, -0.15) is 0 Å². The second-order valence-electron chi connectivity index (χ2n) is 2.42. The quantitative estimate of drug-likeness (QED) is 0.773. The van der Waals surface area contributed by atoms with Gasteiger partial charge in [0.15, 0.2) is 0 Å². The summed E-state index contributed by atoms with van der Waals surface area (Å²) in [5.41, 5.74) is 5.13. The lowest BCUT2D eigenvalue weighted by Gasteiger charge is -2.08. The minimum absolute atomic E-state index is 0. The first-order valence-electron chi connectivity index (χ1n) is 3.48. The zero-order valence-corrected chi connectivity index (χ0v) is 7.52. The molecular formula is C8H10ClF2NO. The maximum absolute atomic E-state index is 12.8. The van der Waals surface area contributed by atoms with Crippen molar-refractivity contribution in [2.24, 2.45) is 5.73 Å². The van der Waals surface area contributed by atoms with Gasteiger partial charge in [-0.25, -0.2) is 8.78 Å². The van der Waals surface area contributed by atoms with E-state index in [-0.39, 0.29) is 24.5 Å². The van der Waals surface area contributed by atoms with Crippen molar-refractivity contribution < 1.29 is 13.9 Å². The summed E-state index contributed by atoms with van der Waals surface area (Å²) in [6, 6.07) is 2.98. The molecule has 0 bridgehead atoms. The zero-order chi connectivity index (χ0) is 9.14. The number of rotatable bonds is 2. The standard InChI is InChI=1S/C8H9F2NO.ClH/c9-5-1-2-6(7(10)3-5)8(12)4-11;/h1-3,8,12H,4,11H2;1H. The highest BCUT2D eigenvalue weighted by molar-refractivity contribution is 5.85. The van der Waals surface area contributed by atoms with E-state index in [1.807, 2.05) is 0 Å². The molecule has 0 radical (unpaired) electrons. The van der Waals surface area contributed by atoms with Gasteiger partial charge in [0, 0.05) is 18.2 Å². The molecule has 0 aliphatic rings. The molecule has 0 saturated heterocycles. The number of aliphatic hydroxyl groups excluding tert-OH is 1. The molecule has 0 spiro atoms. The lowest BCUT2D eigenvalue weighted by atomic mass is 10.1. The summed E-state index contributed by atoms with van der Waals surface area (Å²) >= 11 is 0. The number of hydrogen-bond acceptors (Lipinski definition) is 2. The normalized spacial score (nSPS) is 12.0. The molecule has 5 heteroatoms. The molecule has 1 aromatic carbocycles. The molecule has 0 aliphatic carbocycles. The summed E-state index contributed by atoms with van der Waals surface area (Å²) < 4.78 is 25.2. The molecule has 2 nitrogen and oxygen atoms in total. The van der Waals surface area contributed by atoms with Gasteiger partial charge in [0.05, 0.1) is 6.10 Å². The molecule has 0 amide bonds. The highest BCUT2D eigenvalue weighted by Gasteiger charge is 2.10. The van der Waals surface area contributed by atoms with Gasteiger partial charge >= 0.3 is 0 Å². The van der Waals surface area contributed by atoms with Gasteiger partial charge in [0.25, 0.3) is 0 Å². The van der Waals surface area contributed by atoms with Crippen molar-refractivity contribution in [3.05, 3.63) is 35.4 Å². The largest absolute Gasteiger partial charge is 0.387 e. The van der Waals surface area contributed by atoms with Crippen LogP contribution in [-0.2, 0) is 0 Å². The Hall–Kier alpha value is -0.710. The fourth-order valence-corrected chi connectivity index (χ4v) is 0.899. The number of aliphatic hydroxyl groups is 1. The van der Waals surface area contributed by atoms with Crippen LogP contribution in [0.1, 0.15) is 11.7 Å². The SMILES string of the molecule is Cl.NCC(O)c1ccc(F)cc1F. The van der Waals surface area contributed by atoms with E-state index in [4.69, 9.17) is 10.8 Å². The second kappa shape index (κ2) is 5.11. The molecule has 1 unspecified atom stereocenters. The Morgan fingerprint density at radius 1 is 1.38 bits per heavy atom. The minimum atomic E-state index is -1.06. The predicted octanol–water partition coefficient (Wildman–Crippen LogP) is 1.38. The molecule has 0 heterocycles. The molecule has 0 saturated carbocycles. The van der Waals surface area contributed by atoms with Gasteiger partial charge in [0.1, 0.15) is 11.6 Å². The molecule has 1 rings (SSSR count). The smallest absolute Gasteiger partial charge is 0.131 e. The van der Waals surface area contributed by atoms with Gasteiger partial charge in [-0.05, 0) is 6.07 Å². The number of nitrogens with two attached hydrogens (primary N) is 1. The van der Waals surface area contributed by atoms with Gasteiger partial charge in [-0.15, -0.1) is 12.4 Å². The Kier molecular flexibility index (Phi) is 4.83. The van der Waals surface area contributed by atoms with Crippen LogP contribution in [0.4, 0.5) is 8.78 Å². The van der Waals surface area contributed by atoms with Crippen LogP contribution in [0.25, 0.3) is 0 Å². The highest BCUT2D eigenvalue weighted by Crippen LogP contribution is 2.16. The van der Waals surface area contributed by atoms with Gasteiger partial charge in [-0.3, -0.25) is 0 Å². The first-order chi connectivity index (χ1) is 5.65. The Morgan fingerprint density at radius 2 is 2.00 bits per heavy atom. The van der Waals surface area contributed by atoms with Crippen molar-refractivity contribution in [3.8, 4) is 0 Å². The van der Waals surface area contributed by atoms with Crippen LogP contribution in [0.2, 0.25) is 0 Å². The van der Waals surface area contributed by atoms with Crippen LogP contribution in [-0.4, -0.2) is 11.7 Å². The Morgan fingerprint density at radius 3 is 2.46 bits per heavy atom. The molecule has 74 valence electrons. The molecule has 0 aromatic heterocycles. The lowest BCUT2D eigenvalue weighted by Crippen LogP contribution is -2.13. The summed E-state index contributed by atoms with van der Waals surface area (Å²) in [6.07, 6.45) is -1.06. The molecule has 3 N–H and O–H groups in total. The Balaban J connectivity index is 0.00000144. The third kappa shape index (κ3) is 2.91. The zero-order valence-electron chi connectivity index (χ0n) is 6.71. The number of hydrogen-bond donors (Lipinski definition) is 2. The molecule has 0 fully saturated rings. The predicted molar refractivity (Wildman–Crippen MR) is 47.6 cm³/mol. The van der Waals surface area contributed by atoms with Crippen LogP contribution < -0.4 is 5.73 Å². The van der Waals surface area contributed by atoms with Crippen molar-refractivity contribution >= 4 is 12.4 Å². The Bertz CT molecular complexity index is 283. The summed E-state index contributed by atoms with van der Waals surface area (Å²) in [7, 11) is 0. The average molecular weight is 210 g/mol. The van der Waals surface area contributed by atoms with Crippen molar-refractivity contribution in [1.82, 2.24) is 0 Å².